The topological polar surface area (TPSA) is 29.9 Å². The van der Waals surface area contributed by atoms with Crippen LogP contribution in [0.3, 0.4) is 0 Å². The number of hydrogen-bond donors (Lipinski definition) is 1. The Morgan fingerprint density at radius 2 is 2.05 bits per heavy atom. The first-order valence-electron chi connectivity index (χ1n) is 7.46. The summed E-state index contributed by atoms with van der Waals surface area (Å²) in [5, 5.41) is 3.60. The van der Waals surface area contributed by atoms with Crippen molar-refractivity contribution >= 4 is 0 Å². The second-order valence-electron chi connectivity index (χ2n) is 5.32. The highest BCUT2D eigenvalue weighted by Crippen LogP contribution is 2.21. The normalized spacial score (nSPS) is 12.6. The lowest BCUT2D eigenvalue weighted by molar-refractivity contribution is 0.464. The van der Waals surface area contributed by atoms with Crippen LogP contribution in [-0.2, 0) is 13.0 Å². The Kier molecular flexibility index (Phi) is 4.96. The third-order valence-corrected chi connectivity index (χ3v) is 3.75. The minimum Gasteiger partial charge on any atom is -0.333 e. The van der Waals surface area contributed by atoms with E-state index in [0.29, 0.717) is 6.04 Å². The molecule has 0 amide bonds. The van der Waals surface area contributed by atoms with Crippen molar-refractivity contribution in [2.75, 3.05) is 6.54 Å². The first kappa shape index (κ1) is 14.8. The molecule has 20 heavy (non-hydrogen) atoms. The Morgan fingerprint density at radius 3 is 2.70 bits per heavy atom. The van der Waals surface area contributed by atoms with Crippen LogP contribution >= 0.6 is 0 Å². The molecule has 0 fully saturated rings. The van der Waals surface area contributed by atoms with Crippen molar-refractivity contribution in [3.8, 4) is 0 Å². The quantitative estimate of drug-likeness (QED) is 0.872. The SMILES string of the molecule is CCNC(Cn1ccnc1CC)c1ccc(C)cc1C. The second kappa shape index (κ2) is 6.71. The van der Waals surface area contributed by atoms with Gasteiger partial charge in [0.05, 0.1) is 6.04 Å². The maximum atomic E-state index is 4.41. The van der Waals surface area contributed by atoms with Gasteiger partial charge in [0.15, 0.2) is 0 Å². The zero-order valence-electron chi connectivity index (χ0n) is 13.0. The summed E-state index contributed by atoms with van der Waals surface area (Å²) in [7, 11) is 0. The Balaban J connectivity index is 2.27. The van der Waals surface area contributed by atoms with Gasteiger partial charge in [0.1, 0.15) is 5.82 Å². The van der Waals surface area contributed by atoms with Crippen molar-refractivity contribution in [1.29, 1.82) is 0 Å². The fourth-order valence-corrected chi connectivity index (χ4v) is 2.75. The van der Waals surface area contributed by atoms with Crippen LogP contribution < -0.4 is 5.32 Å². The number of likely N-dealkylation sites (N-methyl/N-ethyl adjacent to an activating group) is 1. The third-order valence-electron chi connectivity index (χ3n) is 3.75. The van der Waals surface area contributed by atoms with Crippen LogP contribution in [0.5, 0.6) is 0 Å². The van der Waals surface area contributed by atoms with Crippen LogP contribution in [0.1, 0.15) is 42.4 Å². The molecule has 0 aliphatic rings. The summed E-state index contributed by atoms with van der Waals surface area (Å²) in [4.78, 5) is 4.41. The van der Waals surface area contributed by atoms with Gasteiger partial charge in [-0.3, -0.25) is 0 Å². The van der Waals surface area contributed by atoms with Crippen LogP contribution in [0.2, 0.25) is 0 Å². The maximum absolute atomic E-state index is 4.41. The maximum Gasteiger partial charge on any atom is 0.108 e. The highest BCUT2D eigenvalue weighted by atomic mass is 15.1. The van der Waals surface area contributed by atoms with Crippen molar-refractivity contribution < 1.29 is 0 Å². The molecule has 1 aromatic carbocycles. The molecule has 0 saturated heterocycles. The van der Waals surface area contributed by atoms with Crippen LogP contribution in [-0.4, -0.2) is 16.1 Å². The molecule has 0 saturated carbocycles. The molecule has 0 aliphatic heterocycles. The second-order valence-corrected chi connectivity index (χ2v) is 5.32. The van der Waals surface area contributed by atoms with E-state index in [9.17, 15) is 0 Å². The highest BCUT2D eigenvalue weighted by molar-refractivity contribution is 5.32. The first-order chi connectivity index (χ1) is 9.65. The molecule has 2 aromatic rings. The summed E-state index contributed by atoms with van der Waals surface area (Å²) in [5.74, 6) is 1.15. The number of aryl methyl sites for hydroxylation is 3. The number of nitrogens with one attached hydrogen (secondary N) is 1. The van der Waals surface area contributed by atoms with Gasteiger partial charge in [0.25, 0.3) is 0 Å². The molecule has 1 heterocycles. The lowest BCUT2D eigenvalue weighted by atomic mass is 9.99. The number of aromatic nitrogens is 2. The standard InChI is InChI=1S/C17H25N3/c1-5-17-19-9-10-20(17)12-16(18-6-2)15-8-7-13(3)11-14(15)4/h7-11,16,18H,5-6,12H2,1-4H3. The van der Waals surface area contributed by atoms with Crippen LogP contribution in [0.25, 0.3) is 0 Å². The average molecular weight is 271 g/mol. The molecule has 1 atom stereocenters. The van der Waals surface area contributed by atoms with Gasteiger partial charge in [-0.2, -0.15) is 0 Å². The monoisotopic (exact) mass is 271 g/mol. The van der Waals surface area contributed by atoms with Gasteiger partial charge in [0, 0.05) is 25.4 Å². The average Bonchev–Trinajstić information content (AvgIpc) is 2.85. The largest absolute Gasteiger partial charge is 0.333 e. The van der Waals surface area contributed by atoms with E-state index in [-0.39, 0.29) is 0 Å². The summed E-state index contributed by atoms with van der Waals surface area (Å²) in [6.45, 7) is 10.5. The minimum atomic E-state index is 0.333. The Bertz CT molecular complexity index is 557. The van der Waals surface area contributed by atoms with E-state index in [4.69, 9.17) is 0 Å². The zero-order valence-corrected chi connectivity index (χ0v) is 13.0. The summed E-state index contributed by atoms with van der Waals surface area (Å²) >= 11 is 0. The Labute approximate surface area is 122 Å². The van der Waals surface area contributed by atoms with Crippen molar-refractivity contribution in [2.24, 2.45) is 0 Å². The van der Waals surface area contributed by atoms with E-state index < -0.39 is 0 Å². The number of nitrogens with zero attached hydrogens (tertiary/aromatic N) is 2. The molecule has 0 aliphatic carbocycles. The van der Waals surface area contributed by atoms with E-state index in [1.54, 1.807) is 0 Å². The van der Waals surface area contributed by atoms with Crippen LogP contribution in [0.15, 0.2) is 30.6 Å². The number of hydrogen-bond acceptors (Lipinski definition) is 2. The Hall–Kier alpha value is -1.61. The lowest BCUT2D eigenvalue weighted by Crippen LogP contribution is -2.26. The van der Waals surface area contributed by atoms with Crippen molar-refractivity contribution in [3.05, 3.63) is 53.1 Å². The molecule has 1 unspecified atom stereocenters. The first-order valence-corrected chi connectivity index (χ1v) is 7.46. The summed E-state index contributed by atoms with van der Waals surface area (Å²) in [6, 6.07) is 7.04. The highest BCUT2D eigenvalue weighted by Gasteiger charge is 2.14. The number of benzene rings is 1. The molecule has 3 heteroatoms. The van der Waals surface area contributed by atoms with E-state index in [1.165, 1.54) is 16.7 Å². The molecular weight excluding hydrogens is 246 g/mol. The number of rotatable bonds is 6. The lowest BCUT2D eigenvalue weighted by Gasteiger charge is -2.22. The molecule has 3 nitrogen and oxygen atoms in total. The third kappa shape index (κ3) is 3.28. The molecule has 0 bridgehead atoms. The van der Waals surface area contributed by atoms with Crippen molar-refractivity contribution in [3.63, 3.8) is 0 Å². The van der Waals surface area contributed by atoms with Crippen LogP contribution in [0.4, 0.5) is 0 Å². The van der Waals surface area contributed by atoms with Gasteiger partial charge >= 0.3 is 0 Å². The molecule has 0 spiro atoms. The van der Waals surface area contributed by atoms with Crippen molar-refractivity contribution in [2.45, 2.75) is 46.7 Å². The fourth-order valence-electron chi connectivity index (χ4n) is 2.75. The van der Waals surface area contributed by atoms with E-state index in [1.807, 2.05) is 6.20 Å². The molecule has 0 radical (unpaired) electrons. The zero-order chi connectivity index (χ0) is 14.5. The van der Waals surface area contributed by atoms with Gasteiger partial charge < -0.3 is 9.88 Å². The fraction of sp³-hybridized carbons (Fsp3) is 0.471. The van der Waals surface area contributed by atoms with Crippen LogP contribution in [0, 0.1) is 13.8 Å². The Morgan fingerprint density at radius 1 is 1.25 bits per heavy atom. The smallest absolute Gasteiger partial charge is 0.108 e. The minimum absolute atomic E-state index is 0.333. The molecule has 108 valence electrons. The van der Waals surface area contributed by atoms with Crippen molar-refractivity contribution in [1.82, 2.24) is 14.9 Å². The summed E-state index contributed by atoms with van der Waals surface area (Å²) in [6.07, 6.45) is 4.94. The van der Waals surface area contributed by atoms with Gasteiger partial charge in [-0.1, -0.05) is 37.6 Å². The van der Waals surface area contributed by atoms with E-state index in [0.717, 1.165) is 25.3 Å². The van der Waals surface area contributed by atoms with Gasteiger partial charge in [-0.05, 0) is 31.5 Å². The molecular formula is C17H25N3. The molecule has 2 rings (SSSR count). The van der Waals surface area contributed by atoms with E-state index in [2.05, 4.69) is 67.0 Å². The molecule has 1 N–H and O–H groups in total. The number of imidazole rings is 1. The molecule has 1 aromatic heterocycles. The predicted octanol–water partition coefficient (Wildman–Crippen LogP) is 3.41. The van der Waals surface area contributed by atoms with E-state index >= 15 is 0 Å². The summed E-state index contributed by atoms with van der Waals surface area (Å²) in [5.41, 5.74) is 4.06. The van der Waals surface area contributed by atoms with Gasteiger partial charge in [-0.15, -0.1) is 0 Å². The summed E-state index contributed by atoms with van der Waals surface area (Å²) < 4.78 is 2.26. The predicted molar refractivity (Wildman–Crippen MR) is 83.9 cm³/mol. The van der Waals surface area contributed by atoms with Gasteiger partial charge in [0.2, 0.25) is 0 Å². The van der Waals surface area contributed by atoms with Gasteiger partial charge in [-0.25, -0.2) is 4.98 Å².